The molecule has 0 radical (unpaired) electrons. The van der Waals surface area contributed by atoms with Gasteiger partial charge in [-0.05, 0) is 19.4 Å². The summed E-state index contributed by atoms with van der Waals surface area (Å²) in [5, 5.41) is 0. The fourth-order valence-electron chi connectivity index (χ4n) is 0.760. The molecule has 1 nitrogen and oxygen atoms in total. The maximum Gasteiger partial charge on any atom is 0.0270 e. The Bertz CT molecular complexity index is 175. The van der Waals surface area contributed by atoms with Crippen molar-refractivity contribution in [2.45, 2.75) is 33.1 Å². The molecule has 0 aliphatic rings. The average molecular weight is 165 g/mol. The van der Waals surface area contributed by atoms with Gasteiger partial charge in [-0.1, -0.05) is 44.1 Å². The summed E-state index contributed by atoms with van der Waals surface area (Å²) < 4.78 is 0. The van der Waals surface area contributed by atoms with Gasteiger partial charge in [0.2, 0.25) is 0 Å². The lowest BCUT2D eigenvalue weighted by molar-refractivity contribution is 0.815. The number of hydrogen-bond acceptors (Lipinski definition) is 1. The van der Waals surface area contributed by atoms with Crippen molar-refractivity contribution >= 4 is 0 Å². The summed E-state index contributed by atoms with van der Waals surface area (Å²) in [4.78, 5) is 0. The molecular formula is C11H19N. The van der Waals surface area contributed by atoms with Crippen LogP contribution in [0.1, 0.15) is 33.1 Å². The average Bonchev–Trinajstić information content (AvgIpc) is 2.10. The third kappa shape index (κ3) is 7.13. The van der Waals surface area contributed by atoms with Crippen molar-refractivity contribution < 1.29 is 0 Å². The van der Waals surface area contributed by atoms with E-state index in [1.54, 1.807) is 0 Å². The van der Waals surface area contributed by atoms with E-state index < -0.39 is 0 Å². The molecule has 0 unspecified atom stereocenters. The van der Waals surface area contributed by atoms with Gasteiger partial charge in [0.15, 0.2) is 0 Å². The summed E-state index contributed by atoms with van der Waals surface area (Å²) in [6.07, 6.45) is 13.7. The molecule has 2 N–H and O–H groups in total. The van der Waals surface area contributed by atoms with Crippen LogP contribution in [0.25, 0.3) is 0 Å². The van der Waals surface area contributed by atoms with Crippen LogP contribution in [0, 0.1) is 0 Å². The number of allylic oxidation sites excluding steroid dienone is 5. The van der Waals surface area contributed by atoms with Gasteiger partial charge in [-0.25, -0.2) is 0 Å². The summed E-state index contributed by atoms with van der Waals surface area (Å²) in [6.45, 7) is 4.13. The van der Waals surface area contributed by atoms with Gasteiger partial charge in [0.25, 0.3) is 0 Å². The van der Waals surface area contributed by atoms with Crippen LogP contribution in [0.2, 0.25) is 0 Å². The highest BCUT2D eigenvalue weighted by molar-refractivity contribution is 5.18. The highest BCUT2D eigenvalue weighted by Gasteiger charge is 1.76. The molecule has 0 bridgehead atoms. The van der Waals surface area contributed by atoms with Gasteiger partial charge >= 0.3 is 0 Å². The summed E-state index contributed by atoms with van der Waals surface area (Å²) >= 11 is 0. The molecule has 0 aromatic rings. The first kappa shape index (κ1) is 11.0. The standard InChI is InChI=1S/C11H19N/c1-3-5-6-7-8-9-10-11(12)4-2/h4,7-10H,3,5-6,12H2,1-2H3. The van der Waals surface area contributed by atoms with Gasteiger partial charge in [-0.15, -0.1) is 0 Å². The fraction of sp³-hybridized carbons (Fsp3) is 0.455. The number of nitrogens with two attached hydrogens (primary N) is 1. The minimum absolute atomic E-state index is 0.815. The van der Waals surface area contributed by atoms with Crippen molar-refractivity contribution in [3.63, 3.8) is 0 Å². The quantitative estimate of drug-likeness (QED) is 0.491. The Morgan fingerprint density at radius 3 is 2.67 bits per heavy atom. The molecule has 0 spiro atoms. The van der Waals surface area contributed by atoms with E-state index in [0.717, 1.165) is 12.1 Å². The van der Waals surface area contributed by atoms with Crippen LogP contribution in [0.3, 0.4) is 0 Å². The Morgan fingerprint density at radius 2 is 2.08 bits per heavy atom. The second-order valence-electron chi connectivity index (χ2n) is 2.72. The Hall–Kier alpha value is -0.980. The third-order valence-electron chi connectivity index (χ3n) is 1.59. The van der Waals surface area contributed by atoms with Crippen molar-refractivity contribution in [3.05, 3.63) is 36.1 Å². The van der Waals surface area contributed by atoms with Crippen LogP contribution >= 0.6 is 0 Å². The second-order valence-corrected chi connectivity index (χ2v) is 2.72. The summed E-state index contributed by atoms with van der Waals surface area (Å²) in [5.41, 5.74) is 6.37. The van der Waals surface area contributed by atoms with Crippen molar-refractivity contribution in [2.75, 3.05) is 0 Å². The van der Waals surface area contributed by atoms with Gasteiger partial charge < -0.3 is 5.73 Å². The predicted octanol–water partition coefficient (Wildman–Crippen LogP) is 3.15. The van der Waals surface area contributed by atoms with Gasteiger partial charge in [0.05, 0.1) is 0 Å². The number of unbranched alkanes of at least 4 members (excludes halogenated alkanes) is 2. The highest BCUT2D eigenvalue weighted by atomic mass is 14.5. The smallest absolute Gasteiger partial charge is 0.0270 e. The first-order chi connectivity index (χ1) is 5.81. The van der Waals surface area contributed by atoms with Crippen molar-refractivity contribution in [1.29, 1.82) is 0 Å². The molecule has 68 valence electrons. The Kier molecular flexibility index (Phi) is 7.46. The zero-order valence-corrected chi connectivity index (χ0v) is 8.09. The monoisotopic (exact) mass is 165 g/mol. The molecule has 12 heavy (non-hydrogen) atoms. The molecule has 1 heteroatoms. The molecule has 0 aliphatic carbocycles. The molecule has 0 heterocycles. The minimum Gasteiger partial charge on any atom is -0.399 e. The van der Waals surface area contributed by atoms with Crippen LogP contribution < -0.4 is 5.73 Å². The second kappa shape index (κ2) is 8.12. The molecule has 0 fully saturated rings. The summed E-state index contributed by atoms with van der Waals surface area (Å²) in [5.74, 6) is 0. The Morgan fingerprint density at radius 1 is 1.33 bits per heavy atom. The maximum absolute atomic E-state index is 5.55. The third-order valence-corrected chi connectivity index (χ3v) is 1.59. The van der Waals surface area contributed by atoms with E-state index in [1.165, 1.54) is 12.8 Å². The van der Waals surface area contributed by atoms with E-state index in [4.69, 9.17) is 5.73 Å². The molecule has 0 aromatic heterocycles. The van der Waals surface area contributed by atoms with Crippen molar-refractivity contribution in [1.82, 2.24) is 0 Å². The highest BCUT2D eigenvalue weighted by Crippen LogP contribution is 1.95. The molecular weight excluding hydrogens is 146 g/mol. The first-order valence-corrected chi connectivity index (χ1v) is 4.56. The lowest BCUT2D eigenvalue weighted by atomic mass is 10.2. The van der Waals surface area contributed by atoms with E-state index in [-0.39, 0.29) is 0 Å². The van der Waals surface area contributed by atoms with Crippen LogP contribution in [-0.2, 0) is 0 Å². The van der Waals surface area contributed by atoms with Gasteiger partial charge in [-0.3, -0.25) is 0 Å². The molecule has 0 amide bonds. The first-order valence-electron chi connectivity index (χ1n) is 4.56. The van der Waals surface area contributed by atoms with Crippen LogP contribution in [0.5, 0.6) is 0 Å². The largest absolute Gasteiger partial charge is 0.399 e. The van der Waals surface area contributed by atoms with Crippen LogP contribution in [0.15, 0.2) is 36.1 Å². The lowest BCUT2D eigenvalue weighted by Gasteiger charge is -1.87. The van der Waals surface area contributed by atoms with Crippen molar-refractivity contribution in [3.8, 4) is 0 Å². The van der Waals surface area contributed by atoms with Gasteiger partial charge in [0.1, 0.15) is 0 Å². The van der Waals surface area contributed by atoms with Crippen LogP contribution in [0.4, 0.5) is 0 Å². The summed E-state index contributed by atoms with van der Waals surface area (Å²) in [6, 6.07) is 0. The summed E-state index contributed by atoms with van der Waals surface area (Å²) in [7, 11) is 0. The van der Waals surface area contributed by atoms with Crippen molar-refractivity contribution in [2.24, 2.45) is 5.73 Å². The topological polar surface area (TPSA) is 26.0 Å². The van der Waals surface area contributed by atoms with Gasteiger partial charge in [-0.2, -0.15) is 0 Å². The maximum atomic E-state index is 5.55. The zero-order chi connectivity index (χ0) is 9.23. The number of rotatable bonds is 5. The SMILES string of the molecule is CC=C(N)C=CC=CCCCC. The van der Waals surface area contributed by atoms with E-state index in [0.29, 0.717) is 0 Å². The molecule has 0 aromatic carbocycles. The van der Waals surface area contributed by atoms with Crippen LogP contribution in [-0.4, -0.2) is 0 Å². The molecule has 0 saturated carbocycles. The van der Waals surface area contributed by atoms with Gasteiger partial charge in [0, 0.05) is 5.70 Å². The zero-order valence-electron chi connectivity index (χ0n) is 8.09. The van der Waals surface area contributed by atoms with E-state index in [1.807, 2.05) is 31.2 Å². The minimum atomic E-state index is 0.815. The number of hydrogen-bond donors (Lipinski definition) is 1. The normalized spacial score (nSPS) is 13.3. The molecule has 0 atom stereocenters. The van der Waals surface area contributed by atoms with E-state index in [2.05, 4.69) is 13.0 Å². The van der Waals surface area contributed by atoms with E-state index >= 15 is 0 Å². The predicted molar refractivity (Wildman–Crippen MR) is 55.7 cm³/mol. The Balaban J connectivity index is 3.52. The fourth-order valence-corrected chi connectivity index (χ4v) is 0.760. The molecule has 0 rings (SSSR count). The lowest BCUT2D eigenvalue weighted by Crippen LogP contribution is -1.89. The Labute approximate surface area is 75.7 Å². The van der Waals surface area contributed by atoms with E-state index in [9.17, 15) is 0 Å². The molecule has 0 saturated heterocycles. The molecule has 0 aliphatic heterocycles.